The maximum Gasteiger partial charge on any atom is 0.329 e. The van der Waals surface area contributed by atoms with Gasteiger partial charge in [0, 0.05) is 13.5 Å². The van der Waals surface area contributed by atoms with Gasteiger partial charge in [0.1, 0.15) is 5.54 Å². The topological polar surface area (TPSA) is 86.7 Å². The molecule has 0 bridgehead atoms. The third-order valence-electron chi connectivity index (χ3n) is 5.21. The Morgan fingerprint density at radius 3 is 2.35 bits per heavy atom. The molecule has 2 rings (SSSR count). The van der Waals surface area contributed by atoms with Crippen LogP contribution in [0.2, 0.25) is 0 Å². The Balaban J connectivity index is 1.95. The van der Waals surface area contributed by atoms with Crippen LogP contribution in [0.5, 0.6) is 0 Å². The number of carboxylic acids is 1. The maximum atomic E-state index is 12.5. The number of aliphatic carboxylic acids is 1. The molecule has 0 heterocycles. The van der Waals surface area contributed by atoms with Gasteiger partial charge in [-0.3, -0.25) is 9.59 Å². The van der Waals surface area contributed by atoms with E-state index in [4.69, 9.17) is 0 Å². The number of hydrogen-bond donors (Lipinski definition) is 2. The van der Waals surface area contributed by atoms with Crippen LogP contribution in [0.3, 0.4) is 0 Å². The molecule has 2 amide bonds. The summed E-state index contributed by atoms with van der Waals surface area (Å²) in [5.74, 6) is -1.13. The number of carboxylic acid groups (broad SMARTS) is 1. The fourth-order valence-corrected chi connectivity index (χ4v) is 3.38. The van der Waals surface area contributed by atoms with Gasteiger partial charge in [0.25, 0.3) is 0 Å². The highest BCUT2D eigenvalue weighted by Gasteiger charge is 2.42. The third-order valence-corrected chi connectivity index (χ3v) is 5.21. The van der Waals surface area contributed by atoms with Gasteiger partial charge in [0.2, 0.25) is 11.8 Å². The first kappa shape index (κ1) is 19.9. The Bertz CT molecular complexity index is 636. The lowest BCUT2D eigenvalue weighted by Gasteiger charge is -2.37. The maximum absolute atomic E-state index is 12.5. The SMILES string of the molecule is CC(=O)N(CCc1ccccc1)CC(=O)NC1(C(=O)O)CCC(C)CC1. The van der Waals surface area contributed by atoms with E-state index in [2.05, 4.69) is 12.2 Å². The second-order valence-electron chi connectivity index (χ2n) is 7.29. The average Bonchev–Trinajstić information content (AvgIpc) is 2.61. The predicted octanol–water partition coefficient (Wildman–Crippen LogP) is 2.23. The summed E-state index contributed by atoms with van der Waals surface area (Å²) in [6, 6.07) is 9.74. The average molecular weight is 360 g/mol. The lowest BCUT2D eigenvalue weighted by Crippen LogP contribution is -2.58. The number of carbonyl (C=O) groups is 3. The lowest BCUT2D eigenvalue weighted by molar-refractivity contribution is -0.150. The molecule has 1 saturated carbocycles. The first-order valence-electron chi connectivity index (χ1n) is 9.16. The van der Waals surface area contributed by atoms with Crippen LogP contribution in [0.25, 0.3) is 0 Å². The molecule has 0 atom stereocenters. The van der Waals surface area contributed by atoms with E-state index in [1.54, 1.807) is 0 Å². The van der Waals surface area contributed by atoms with E-state index in [9.17, 15) is 19.5 Å². The van der Waals surface area contributed by atoms with Crippen LogP contribution in [0, 0.1) is 5.92 Å². The fraction of sp³-hybridized carbons (Fsp3) is 0.550. The summed E-state index contributed by atoms with van der Waals surface area (Å²) in [6.45, 7) is 3.82. The van der Waals surface area contributed by atoms with Gasteiger partial charge in [-0.15, -0.1) is 0 Å². The molecule has 1 aliphatic carbocycles. The summed E-state index contributed by atoms with van der Waals surface area (Å²) < 4.78 is 0. The minimum absolute atomic E-state index is 0.118. The van der Waals surface area contributed by atoms with Crippen LogP contribution < -0.4 is 5.32 Å². The highest BCUT2D eigenvalue weighted by molar-refractivity contribution is 5.89. The third kappa shape index (κ3) is 5.31. The van der Waals surface area contributed by atoms with E-state index < -0.39 is 17.4 Å². The van der Waals surface area contributed by atoms with Crippen molar-refractivity contribution < 1.29 is 19.5 Å². The zero-order chi connectivity index (χ0) is 19.2. The monoisotopic (exact) mass is 360 g/mol. The van der Waals surface area contributed by atoms with E-state index in [0.29, 0.717) is 31.7 Å². The van der Waals surface area contributed by atoms with E-state index >= 15 is 0 Å². The first-order chi connectivity index (χ1) is 12.3. The second kappa shape index (κ2) is 8.83. The van der Waals surface area contributed by atoms with Gasteiger partial charge in [0.15, 0.2) is 0 Å². The largest absolute Gasteiger partial charge is 0.480 e. The van der Waals surface area contributed by atoms with Crippen molar-refractivity contribution in [3.63, 3.8) is 0 Å². The van der Waals surface area contributed by atoms with Crippen LogP contribution in [-0.4, -0.2) is 46.4 Å². The molecule has 1 fully saturated rings. The van der Waals surface area contributed by atoms with E-state index in [1.165, 1.54) is 11.8 Å². The van der Waals surface area contributed by atoms with Crippen LogP contribution in [0.4, 0.5) is 0 Å². The molecule has 1 aliphatic rings. The normalized spacial score (nSPS) is 22.5. The zero-order valence-electron chi connectivity index (χ0n) is 15.5. The number of nitrogens with zero attached hydrogens (tertiary/aromatic N) is 1. The molecule has 26 heavy (non-hydrogen) atoms. The molecule has 0 radical (unpaired) electrons. The van der Waals surface area contributed by atoms with Gasteiger partial charge in [-0.1, -0.05) is 37.3 Å². The van der Waals surface area contributed by atoms with Gasteiger partial charge in [-0.25, -0.2) is 4.79 Å². The number of benzene rings is 1. The molecule has 0 spiro atoms. The second-order valence-corrected chi connectivity index (χ2v) is 7.29. The Labute approximate surface area is 154 Å². The van der Waals surface area contributed by atoms with Gasteiger partial charge < -0.3 is 15.3 Å². The summed E-state index contributed by atoms with van der Waals surface area (Å²) in [6.07, 6.45) is 3.06. The van der Waals surface area contributed by atoms with Crippen molar-refractivity contribution >= 4 is 17.8 Å². The van der Waals surface area contributed by atoms with Gasteiger partial charge in [-0.05, 0) is 43.6 Å². The molecule has 2 N–H and O–H groups in total. The van der Waals surface area contributed by atoms with Gasteiger partial charge in [0.05, 0.1) is 6.54 Å². The van der Waals surface area contributed by atoms with Crippen LogP contribution in [0.15, 0.2) is 30.3 Å². The minimum Gasteiger partial charge on any atom is -0.480 e. The van der Waals surface area contributed by atoms with E-state index in [-0.39, 0.29) is 12.5 Å². The quantitative estimate of drug-likeness (QED) is 0.781. The van der Waals surface area contributed by atoms with Crippen LogP contribution in [0.1, 0.15) is 45.1 Å². The van der Waals surface area contributed by atoms with Crippen molar-refractivity contribution in [3.05, 3.63) is 35.9 Å². The molecular weight excluding hydrogens is 332 g/mol. The van der Waals surface area contributed by atoms with Crippen molar-refractivity contribution in [1.29, 1.82) is 0 Å². The molecular formula is C20H28N2O4. The van der Waals surface area contributed by atoms with Crippen LogP contribution >= 0.6 is 0 Å². The number of amides is 2. The van der Waals surface area contributed by atoms with E-state index in [0.717, 1.165) is 18.4 Å². The molecule has 0 saturated heterocycles. The molecule has 6 heteroatoms. The van der Waals surface area contributed by atoms with Crippen molar-refractivity contribution in [2.45, 2.75) is 51.5 Å². The van der Waals surface area contributed by atoms with Crippen molar-refractivity contribution in [2.24, 2.45) is 5.92 Å². The number of rotatable bonds is 7. The Kier molecular flexibility index (Phi) is 6.77. The molecule has 1 aromatic rings. The van der Waals surface area contributed by atoms with Crippen LogP contribution in [-0.2, 0) is 20.8 Å². The highest BCUT2D eigenvalue weighted by Crippen LogP contribution is 2.32. The minimum atomic E-state index is -1.20. The molecule has 0 aliphatic heterocycles. The summed E-state index contributed by atoms with van der Waals surface area (Å²) in [4.78, 5) is 37.6. The summed E-state index contributed by atoms with van der Waals surface area (Å²) in [7, 11) is 0. The smallest absolute Gasteiger partial charge is 0.329 e. The predicted molar refractivity (Wildman–Crippen MR) is 98.5 cm³/mol. The standard InChI is InChI=1S/C20H28N2O4/c1-15-8-11-20(12-9-15,19(25)26)21-18(24)14-22(16(2)23)13-10-17-6-4-3-5-7-17/h3-7,15H,8-14H2,1-2H3,(H,21,24)(H,25,26). The lowest BCUT2D eigenvalue weighted by atomic mass is 9.77. The molecule has 142 valence electrons. The first-order valence-corrected chi connectivity index (χ1v) is 9.16. The Hall–Kier alpha value is -2.37. The summed E-state index contributed by atoms with van der Waals surface area (Å²) >= 11 is 0. The molecule has 0 aromatic heterocycles. The Morgan fingerprint density at radius 1 is 1.19 bits per heavy atom. The van der Waals surface area contributed by atoms with Crippen molar-refractivity contribution in [1.82, 2.24) is 10.2 Å². The number of nitrogens with one attached hydrogen (secondary N) is 1. The Morgan fingerprint density at radius 2 is 1.81 bits per heavy atom. The van der Waals surface area contributed by atoms with Gasteiger partial charge in [-0.2, -0.15) is 0 Å². The van der Waals surface area contributed by atoms with Crippen molar-refractivity contribution in [2.75, 3.05) is 13.1 Å². The van der Waals surface area contributed by atoms with E-state index in [1.807, 2.05) is 30.3 Å². The fourth-order valence-electron chi connectivity index (χ4n) is 3.38. The zero-order valence-corrected chi connectivity index (χ0v) is 15.5. The highest BCUT2D eigenvalue weighted by atomic mass is 16.4. The summed E-state index contributed by atoms with van der Waals surface area (Å²) in [5, 5.41) is 12.3. The molecule has 1 aromatic carbocycles. The van der Waals surface area contributed by atoms with Crippen molar-refractivity contribution in [3.8, 4) is 0 Å². The number of carbonyl (C=O) groups excluding carboxylic acids is 2. The summed E-state index contributed by atoms with van der Waals surface area (Å²) in [5.41, 5.74) is -0.117. The molecule has 6 nitrogen and oxygen atoms in total. The molecule has 0 unspecified atom stereocenters. The van der Waals surface area contributed by atoms with Gasteiger partial charge >= 0.3 is 5.97 Å². The number of hydrogen-bond acceptors (Lipinski definition) is 3.